The normalized spacial score (nSPS) is 19.5. The molecule has 7 nitrogen and oxygen atoms in total. The lowest BCUT2D eigenvalue weighted by molar-refractivity contribution is -0.121. The van der Waals surface area contributed by atoms with Crippen molar-refractivity contribution >= 4 is 27.7 Å². The van der Waals surface area contributed by atoms with Crippen LogP contribution in [0.2, 0.25) is 0 Å². The van der Waals surface area contributed by atoms with Crippen LogP contribution in [0.1, 0.15) is 39.0 Å². The number of nitrogens with zero attached hydrogens (tertiary/aromatic N) is 1. The minimum Gasteiger partial charge on any atom is -0.494 e. The van der Waals surface area contributed by atoms with Crippen LogP contribution < -0.4 is 14.8 Å². The van der Waals surface area contributed by atoms with Gasteiger partial charge >= 0.3 is 0 Å². The Labute approximate surface area is 184 Å². The van der Waals surface area contributed by atoms with Crippen molar-refractivity contribution in [2.75, 3.05) is 44.3 Å². The summed E-state index contributed by atoms with van der Waals surface area (Å²) >= 11 is 1.99. The predicted molar refractivity (Wildman–Crippen MR) is 121 cm³/mol. The predicted octanol–water partition coefficient (Wildman–Crippen LogP) is 2.23. The molecule has 1 amide bonds. The Balaban J connectivity index is 1.45. The van der Waals surface area contributed by atoms with Crippen molar-refractivity contribution in [2.24, 2.45) is 0 Å². The van der Waals surface area contributed by atoms with Gasteiger partial charge in [-0.2, -0.15) is 11.8 Å². The molecule has 2 N–H and O–H groups in total. The van der Waals surface area contributed by atoms with Gasteiger partial charge < -0.3 is 10.1 Å². The second kappa shape index (κ2) is 10.8. The Hall–Kier alpha value is -1.29. The lowest BCUT2D eigenvalue weighted by Crippen LogP contribution is -2.56. The van der Waals surface area contributed by atoms with Crippen LogP contribution in [0, 0.1) is 0 Å². The molecule has 1 saturated heterocycles. The van der Waals surface area contributed by atoms with E-state index in [1.807, 2.05) is 18.7 Å². The molecule has 0 spiro atoms. The van der Waals surface area contributed by atoms with Crippen molar-refractivity contribution in [2.45, 2.75) is 49.5 Å². The highest BCUT2D eigenvalue weighted by atomic mass is 32.2. The molecule has 168 valence electrons. The minimum atomic E-state index is -3.64. The second-order valence-electron chi connectivity index (χ2n) is 7.86. The summed E-state index contributed by atoms with van der Waals surface area (Å²) < 4.78 is 32.7. The third kappa shape index (κ3) is 6.12. The summed E-state index contributed by atoms with van der Waals surface area (Å²) in [6.07, 6.45) is 4.80. The number of hydrogen-bond donors (Lipinski definition) is 2. The maximum atomic E-state index is 12.4. The number of thioether (sulfide) groups is 1. The lowest BCUT2D eigenvalue weighted by atomic mass is 9.94. The maximum Gasteiger partial charge on any atom is 0.240 e. The van der Waals surface area contributed by atoms with Gasteiger partial charge in [-0.05, 0) is 44.0 Å². The monoisotopic (exact) mass is 455 g/mol. The number of rotatable bonds is 10. The van der Waals surface area contributed by atoms with Crippen LogP contribution in [0.25, 0.3) is 0 Å². The van der Waals surface area contributed by atoms with Crippen LogP contribution in [-0.4, -0.2) is 69.1 Å². The highest BCUT2D eigenvalue weighted by Crippen LogP contribution is 2.36. The van der Waals surface area contributed by atoms with E-state index in [2.05, 4.69) is 14.9 Å². The standard InChI is InChI=1S/C21H33N3O4S2/c1-2-28-18-5-7-19(8-6-18)30(26,27)23-12-9-20(25)22-17-21(10-3-4-11-21)24-13-15-29-16-14-24/h5-8,23H,2-4,9-17H2,1H3,(H,22,25). The van der Waals surface area contributed by atoms with Gasteiger partial charge in [0.2, 0.25) is 15.9 Å². The van der Waals surface area contributed by atoms with Gasteiger partial charge in [0.15, 0.2) is 0 Å². The number of carbonyl (C=O) groups is 1. The summed E-state index contributed by atoms with van der Waals surface area (Å²) in [4.78, 5) is 15.1. The molecule has 9 heteroatoms. The zero-order valence-electron chi connectivity index (χ0n) is 17.7. The SMILES string of the molecule is CCOc1ccc(S(=O)(=O)NCCC(=O)NCC2(N3CCSCC3)CCCC2)cc1. The molecular formula is C21H33N3O4S2. The topological polar surface area (TPSA) is 87.7 Å². The Morgan fingerprint density at radius 2 is 1.83 bits per heavy atom. The zero-order chi connectivity index (χ0) is 21.5. The largest absolute Gasteiger partial charge is 0.494 e. The molecule has 3 rings (SSSR count). The van der Waals surface area contributed by atoms with Crippen molar-refractivity contribution in [3.05, 3.63) is 24.3 Å². The quantitative estimate of drug-likeness (QED) is 0.563. The van der Waals surface area contributed by atoms with Gasteiger partial charge in [-0.1, -0.05) is 12.8 Å². The van der Waals surface area contributed by atoms with Crippen molar-refractivity contribution in [3.63, 3.8) is 0 Å². The van der Waals surface area contributed by atoms with Crippen LogP contribution in [0.3, 0.4) is 0 Å². The van der Waals surface area contributed by atoms with E-state index in [0.29, 0.717) is 18.9 Å². The summed E-state index contributed by atoms with van der Waals surface area (Å²) in [5, 5.41) is 3.07. The summed E-state index contributed by atoms with van der Waals surface area (Å²) in [5.41, 5.74) is 0.0818. The number of hydrogen-bond acceptors (Lipinski definition) is 6. The fourth-order valence-corrected chi connectivity index (χ4v) is 6.23. The highest BCUT2D eigenvalue weighted by molar-refractivity contribution is 7.99. The molecule has 1 aliphatic heterocycles. The highest BCUT2D eigenvalue weighted by Gasteiger charge is 2.40. The van der Waals surface area contributed by atoms with E-state index < -0.39 is 10.0 Å². The van der Waals surface area contributed by atoms with Crippen LogP contribution in [0.5, 0.6) is 5.75 Å². The van der Waals surface area contributed by atoms with E-state index in [-0.39, 0.29) is 29.3 Å². The fourth-order valence-electron chi connectivity index (χ4n) is 4.29. The molecule has 2 fully saturated rings. The molecule has 0 radical (unpaired) electrons. The number of sulfonamides is 1. The Bertz CT molecular complexity index is 787. The Morgan fingerprint density at radius 3 is 2.47 bits per heavy atom. The third-order valence-corrected chi connectivity index (χ3v) is 8.34. The molecule has 1 aliphatic carbocycles. The summed E-state index contributed by atoms with van der Waals surface area (Å²) in [7, 11) is -3.64. The summed E-state index contributed by atoms with van der Waals surface area (Å²) in [6.45, 7) is 5.30. The molecule has 0 unspecified atom stereocenters. The van der Waals surface area contributed by atoms with Crippen molar-refractivity contribution in [1.82, 2.24) is 14.9 Å². The average Bonchev–Trinajstić information content (AvgIpc) is 3.24. The smallest absolute Gasteiger partial charge is 0.240 e. The van der Waals surface area contributed by atoms with Crippen LogP contribution >= 0.6 is 11.8 Å². The zero-order valence-corrected chi connectivity index (χ0v) is 19.3. The number of amides is 1. The molecule has 1 heterocycles. The van der Waals surface area contributed by atoms with Crippen molar-refractivity contribution < 1.29 is 17.9 Å². The van der Waals surface area contributed by atoms with Crippen LogP contribution in [0.4, 0.5) is 0 Å². The third-order valence-electron chi connectivity index (χ3n) is 5.92. The fraction of sp³-hybridized carbons (Fsp3) is 0.667. The van der Waals surface area contributed by atoms with Gasteiger partial charge in [-0.3, -0.25) is 9.69 Å². The second-order valence-corrected chi connectivity index (χ2v) is 10.9. The Morgan fingerprint density at radius 1 is 1.17 bits per heavy atom. The van der Waals surface area contributed by atoms with E-state index in [4.69, 9.17) is 4.74 Å². The lowest BCUT2D eigenvalue weighted by Gasteiger charge is -2.43. The van der Waals surface area contributed by atoms with E-state index in [1.165, 1.54) is 25.0 Å². The minimum absolute atomic E-state index is 0.0781. The van der Waals surface area contributed by atoms with Crippen molar-refractivity contribution in [1.29, 1.82) is 0 Å². The number of nitrogens with one attached hydrogen (secondary N) is 2. The van der Waals surface area contributed by atoms with Crippen LogP contribution in [0.15, 0.2) is 29.2 Å². The molecule has 0 bridgehead atoms. The molecule has 2 aliphatic rings. The first-order valence-electron chi connectivity index (χ1n) is 10.8. The molecule has 1 aromatic carbocycles. The maximum absolute atomic E-state index is 12.4. The molecule has 1 saturated carbocycles. The molecule has 0 aromatic heterocycles. The molecule has 1 aromatic rings. The Kier molecular flexibility index (Phi) is 8.44. The molecule has 0 atom stereocenters. The molecule has 30 heavy (non-hydrogen) atoms. The van der Waals surface area contributed by atoms with Gasteiger partial charge in [0, 0.05) is 49.6 Å². The number of benzene rings is 1. The van der Waals surface area contributed by atoms with Crippen molar-refractivity contribution in [3.8, 4) is 5.75 Å². The van der Waals surface area contributed by atoms with E-state index >= 15 is 0 Å². The van der Waals surface area contributed by atoms with Gasteiger partial charge in [0.25, 0.3) is 0 Å². The summed E-state index contributed by atoms with van der Waals surface area (Å²) in [6, 6.07) is 6.28. The first-order valence-corrected chi connectivity index (χ1v) is 13.4. The number of ether oxygens (including phenoxy) is 1. The first kappa shape index (κ1) is 23.4. The van der Waals surface area contributed by atoms with E-state index in [0.717, 1.165) is 37.4 Å². The van der Waals surface area contributed by atoms with Crippen LogP contribution in [-0.2, 0) is 14.8 Å². The van der Waals surface area contributed by atoms with E-state index in [9.17, 15) is 13.2 Å². The summed E-state index contributed by atoms with van der Waals surface area (Å²) in [5.74, 6) is 2.83. The first-order chi connectivity index (χ1) is 14.5. The van der Waals surface area contributed by atoms with Gasteiger partial charge in [-0.25, -0.2) is 13.1 Å². The number of carbonyl (C=O) groups excluding carboxylic acids is 1. The average molecular weight is 456 g/mol. The van der Waals surface area contributed by atoms with Gasteiger partial charge in [0.05, 0.1) is 11.5 Å². The van der Waals surface area contributed by atoms with Gasteiger partial charge in [-0.15, -0.1) is 0 Å². The molecular weight excluding hydrogens is 422 g/mol. The van der Waals surface area contributed by atoms with E-state index in [1.54, 1.807) is 12.1 Å². The van der Waals surface area contributed by atoms with Gasteiger partial charge in [0.1, 0.15) is 5.75 Å².